The SMILES string of the molecule is CC1(C)c2cc(-c3cc(-n4c5ccccc5c5cc(-c6ccc7oc8ccccc8c7c6)ccc54)nc(-n4c5ccccc5c5cc(-c6ccc7oc8ccccc8c7c6)ccc54)n3)cc3c2-c2c1cc(-n1c4ccccc4c4cc(-c5ccc6oc7ccccc7c6c5)ccc41)cc2C3(C)C. The van der Waals surface area contributed by atoms with Gasteiger partial charge in [0.1, 0.15) is 39.3 Å². The van der Waals surface area contributed by atoms with Crippen LogP contribution in [0.4, 0.5) is 0 Å². The van der Waals surface area contributed by atoms with Gasteiger partial charge in [-0.25, -0.2) is 4.98 Å². The van der Waals surface area contributed by atoms with Gasteiger partial charge in [-0.15, -0.1) is 0 Å². The Hall–Kier alpha value is -13.0. The summed E-state index contributed by atoms with van der Waals surface area (Å²) in [6, 6.07) is 104. The molecular formula is C94H59N5O3. The van der Waals surface area contributed by atoms with E-state index in [1.54, 1.807) is 0 Å². The van der Waals surface area contributed by atoms with E-state index in [-0.39, 0.29) is 10.8 Å². The number of hydrogen-bond acceptors (Lipinski definition) is 5. The second-order valence-corrected chi connectivity index (χ2v) is 29.2. The average Bonchev–Trinajstić information content (AvgIpc) is 1.50. The van der Waals surface area contributed by atoms with E-state index < -0.39 is 0 Å². The van der Waals surface area contributed by atoms with Gasteiger partial charge in [-0.1, -0.05) is 173 Å². The second kappa shape index (κ2) is 19.9. The first kappa shape index (κ1) is 55.9. The van der Waals surface area contributed by atoms with Crippen LogP contribution in [0.2, 0.25) is 0 Å². The summed E-state index contributed by atoms with van der Waals surface area (Å²) in [5.74, 6) is 1.37. The van der Waals surface area contributed by atoms with Crippen molar-refractivity contribution < 1.29 is 13.3 Å². The van der Waals surface area contributed by atoms with Gasteiger partial charge in [-0.05, 0) is 200 Å². The van der Waals surface area contributed by atoms with Crippen molar-refractivity contribution in [1.82, 2.24) is 23.7 Å². The molecule has 8 heteroatoms. The van der Waals surface area contributed by atoms with Crippen molar-refractivity contribution in [2.75, 3.05) is 0 Å². The maximum Gasteiger partial charge on any atom is 0.237 e. The zero-order chi connectivity index (χ0) is 67.2. The fourth-order valence-corrected chi connectivity index (χ4v) is 18.0. The van der Waals surface area contributed by atoms with E-state index in [0.29, 0.717) is 5.95 Å². The Labute approximate surface area is 583 Å². The minimum atomic E-state index is -0.378. The first-order chi connectivity index (χ1) is 50.0. The average molecular weight is 1310 g/mol. The van der Waals surface area contributed by atoms with Crippen molar-refractivity contribution >= 4 is 131 Å². The molecule has 0 amide bonds. The molecule has 0 fully saturated rings. The Kier molecular flexibility index (Phi) is 10.9. The number of aromatic nitrogens is 5. The monoisotopic (exact) mass is 1310 g/mol. The summed E-state index contributed by atoms with van der Waals surface area (Å²) in [4.78, 5) is 11.7. The first-order valence-corrected chi connectivity index (χ1v) is 35.2. The molecule has 21 aromatic rings. The summed E-state index contributed by atoms with van der Waals surface area (Å²) in [6.45, 7) is 9.71. The zero-order valence-electron chi connectivity index (χ0n) is 56.1. The molecule has 7 aromatic heterocycles. The van der Waals surface area contributed by atoms with Crippen LogP contribution in [-0.2, 0) is 10.8 Å². The molecule has 102 heavy (non-hydrogen) atoms. The number of fused-ring (bicyclic) bond motifs is 18. The summed E-state index contributed by atoms with van der Waals surface area (Å²) >= 11 is 0. The van der Waals surface area contributed by atoms with Crippen LogP contribution in [0.25, 0.3) is 204 Å². The third-order valence-electron chi connectivity index (χ3n) is 23.0. The van der Waals surface area contributed by atoms with Crippen LogP contribution >= 0.6 is 0 Å². The topological polar surface area (TPSA) is 80.0 Å². The Balaban J connectivity index is 0.703. The molecule has 0 saturated carbocycles. The molecule has 0 bridgehead atoms. The second-order valence-electron chi connectivity index (χ2n) is 29.2. The molecule has 0 saturated heterocycles. The molecule has 0 N–H and O–H groups in total. The predicted octanol–water partition coefficient (Wildman–Crippen LogP) is 25.1. The van der Waals surface area contributed by atoms with Crippen molar-refractivity contribution in [2.24, 2.45) is 0 Å². The minimum Gasteiger partial charge on any atom is -0.456 e. The highest BCUT2D eigenvalue weighted by Crippen LogP contribution is 2.62. The number of benzene rings is 14. The third-order valence-corrected chi connectivity index (χ3v) is 23.0. The van der Waals surface area contributed by atoms with Crippen LogP contribution in [0.1, 0.15) is 49.9 Å². The quantitative estimate of drug-likeness (QED) is 0.159. The lowest BCUT2D eigenvalue weighted by atomic mass is 9.74. The van der Waals surface area contributed by atoms with E-state index >= 15 is 0 Å². The Morgan fingerprint density at radius 1 is 0.245 bits per heavy atom. The summed E-state index contributed by atoms with van der Waals surface area (Å²) < 4.78 is 26.0. The summed E-state index contributed by atoms with van der Waals surface area (Å²) in [7, 11) is 0. The molecule has 0 atom stereocenters. The molecule has 14 aromatic carbocycles. The van der Waals surface area contributed by atoms with Gasteiger partial charge in [-0.2, -0.15) is 4.98 Å². The zero-order valence-corrected chi connectivity index (χ0v) is 56.1. The van der Waals surface area contributed by atoms with E-state index in [1.165, 1.54) is 66.4 Å². The van der Waals surface area contributed by atoms with E-state index in [0.717, 1.165) is 154 Å². The number of furan rings is 3. The highest BCUT2D eigenvalue weighted by Gasteiger charge is 2.48. The van der Waals surface area contributed by atoms with Gasteiger partial charge in [0, 0.05) is 92.8 Å². The first-order valence-electron chi connectivity index (χ1n) is 35.2. The van der Waals surface area contributed by atoms with Gasteiger partial charge < -0.3 is 17.8 Å². The van der Waals surface area contributed by atoms with Crippen LogP contribution < -0.4 is 0 Å². The fourth-order valence-electron chi connectivity index (χ4n) is 18.0. The Morgan fingerprint density at radius 2 is 0.559 bits per heavy atom. The molecule has 0 radical (unpaired) electrons. The molecular weight excluding hydrogens is 1250 g/mol. The molecule has 0 aliphatic heterocycles. The Morgan fingerprint density at radius 3 is 0.990 bits per heavy atom. The molecule has 478 valence electrons. The van der Waals surface area contributed by atoms with Crippen LogP contribution in [0.3, 0.4) is 0 Å². The fraction of sp³-hybridized carbons (Fsp3) is 0.0638. The van der Waals surface area contributed by atoms with Crippen molar-refractivity contribution in [3.63, 3.8) is 0 Å². The molecule has 2 aliphatic carbocycles. The molecule has 0 unspecified atom stereocenters. The molecule has 23 rings (SSSR count). The largest absolute Gasteiger partial charge is 0.456 e. The van der Waals surface area contributed by atoms with Crippen molar-refractivity contribution in [3.8, 4) is 73.2 Å². The van der Waals surface area contributed by atoms with E-state index in [9.17, 15) is 0 Å². The normalized spacial score (nSPS) is 13.8. The van der Waals surface area contributed by atoms with Crippen LogP contribution in [0, 0.1) is 0 Å². The van der Waals surface area contributed by atoms with Gasteiger partial charge in [-0.3, -0.25) is 9.13 Å². The van der Waals surface area contributed by atoms with E-state index in [1.807, 2.05) is 36.4 Å². The van der Waals surface area contributed by atoms with Crippen LogP contribution in [0.5, 0.6) is 0 Å². The van der Waals surface area contributed by atoms with E-state index in [2.05, 4.69) is 290 Å². The summed E-state index contributed by atoms with van der Waals surface area (Å²) in [5.41, 5.74) is 29.0. The number of rotatable bonds is 7. The lowest BCUT2D eigenvalue weighted by Gasteiger charge is -2.30. The van der Waals surface area contributed by atoms with Gasteiger partial charge in [0.15, 0.2) is 0 Å². The standard InChI is InChI=1S/C94H59N5O3/c1-93(2)72-47-58(48-73-90(72)91-74(93)49-59(50-75(91)94(73,3)4)97-77-23-11-5-17-60(77)66-41-52(29-35-80(66)97)55-32-38-86-69(44-55)63-20-8-14-26-83(63)100-86)76-51-89(98-78-24-12-6-18-61(78)67-42-53(30-36-81(67)98)56-33-39-87-70(45-56)64-21-9-15-27-84(64)101-87)96-92(95-76)99-79-25-13-7-19-62(79)68-43-54(31-37-82(68)99)57-34-40-88-71(46-57)65-22-10-16-28-85(65)102-88/h5-51H,1-4H3. The maximum atomic E-state index is 6.31. The van der Waals surface area contributed by atoms with Gasteiger partial charge in [0.05, 0.1) is 38.8 Å². The maximum absolute atomic E-state index is 6.31. The lowest BCUT2D eigenvalue weighted by molar-refractivity contribution is 0.629. The van der Waals surface area contributed by atoms with Gasteiger partial charge in [0.2, 0.25) is 5.95 Å². The van der Waals surface area contributed by atoms with Crippen molar-refractivity contribution in [2.45, 2.75) is 38.5 Å². The van der Waals surface area contributed by atoms with Crippen LogP contribution in [0.15, 0.2) is 298 Å². The van der Waals surface area contributed by atoms with Crippen molar-refractivity contribution in [3.05, 3.63) is 307 Å². The molecule has 2 aliphatic rings. The molecule has 0 spiro atoms. The Bertz CT molecular complexity index is 7030. The number of para-hydroxylation sites is 6. The molecule has 8 nitrogen and oxygen atoms in total. The number of hydrogen-bond donors (Lipinski definition) is 0. The highest BCUT2D eigenvalue weighted by molar-refractivity contribution is 6.15. The van der Waals surface area contributed by atoms with Gasteiger partial charge in [0.25, 0.3) is 0 Å². The smallest absolute Gasteiger partial charge is 0.237 e. The third kappa shape index (κ3) is 7.59. The highest BCUT2D eigenvalue weighted by atomic mass is 16.3. The van der Waals surface area contributed by atoms with Crippen LogP contribution in [-0.4, -0.2) is 23.7 Å². The van der Waals surface area contributed by atoms with E-state index in [4.69, 9.17) is 23.2 Å². The predicted molar refractivity (Wildman–Crippen MR) is 418 cm³/mol. The van der Waals surface area contributed by atoms with Crippen molar-refractivity contribution in [1.29, 1.82) is 0 Å². The summed E-state index contributed by atoms with van der Waals surface area (Å²) in [5, 5.41) is 13.6. The minimum absolute atomic E-state index is 0.378. The summed E-state index contributed by atoms with van der Waals surface area (Å²) in [6.07, 6.45) is 0. The molecule has 7 heterocycles. The lowest BCUT2D eigenvalue weighted by Crippen LogP contribution is -2.22. The number of nitrogens with zero attached hydrogens (tertiary/aromatic N) is 5. The van der Waals surface area contributed by atoms with Gasteiger partial charge >= 0.3 is 0 Å².